The van der Waals surface area contributed by atoms with E-state index in [0.29, 0.717) is 18.9 Å². The number of hydrogen-bond donors (Lipinski definition) is 2. The molecule has 0 heterocycles. The van der Waals surface area contributed by atoms with Crippen LogP contribution in [0.4, 0.5) is 13.2 Å². The molecule has 0 saturated carbocycles. The fourth-order valence-corrected chi connectivity index (χ4v) is 3.40. The van der Waals surface area contributed by atoms with E-state index < -0.39 is 37.9 Å². The quantitative estimate of drug-likeness (QED) is 0.776. The zero-order valence-electron chi connectivity index (χ0n) is 11.6. The van der Waals surface area contributed by atoms with Crippen molar-refractivity contribution in [2.24, 2.45) is 5.73 Å². The molecule has 0 radical (unpaired) electrons. The number of halogens is 4. The van der Waals surface area contributed by atoms with E-state index in [1.807, 2.05) is 0 Å². The highest BCUT2D eigenvalue weighted by molar-refractivity contribution is 7.89. The third kappa shape index (κ3) is 4.32. The van der Waals surface area contributed by atoms with Gasteiger partial charge in [-0.05, 0) is 18.9 Å². The molecule has 1 rings (SSSR count). The second kappa shape index (κ2) is 7.44. The SMILES string of the molecule is CCC(CC)(CN)NS(=O)(=O)c1cc(F)c(F)cc1F.Cl. The minimum Gasteiger partial charge on any atom is -0.329 e. The van der Waals surface area contributed by atoms with Crippen molar-refractivity contribution in [1.82, 2.24) is 4.72 Å². The molecule has 0 aliphatic heterocycles. The lowest BCUT2D eigenvalue weighted by Crippen LogP contribution is -2.52. The summed E-state index contributed by atoms with van der Waals surface area (Å²) in [6, 6.07) is 0.519. The summed E-state index contributed by atoms with van der Waals surface area (Å²) in [4.78, 5) is -0.934. The van der Waals surface area contributed by atoms with Crippen molar-refractivity contribution in [1.29, 1.82) is 0 Å². The van der Waals surface area contributed by atoms with Crippen LogP contribution in [0.1, 0.15) is 26.7 Å². The summed E-state index contributed by atoms with van der Waals surface area (Å²) >= 11 is 0. The maximum absolute atomic E-state index is 13.6. The van der Waals surface area contributed by atoms with Gasteiger partial charge in [0.05, 0.1) is 0 Å². The van der Waals surface area contributed by atoms with Gasteiger partial charge in [0.1, 0.15) is 10.7 Å². The fourth-order valence-electron chi connectivity index (χ4n) is 1.77. The molecular formula is C12H18ClF3N2O2S. The molecule has 1 aromatic rings. The molecule has 0 bridgehead atoms. The Labute approximate surface area is 128 Å². The molecular weight excluding hydrogens is 329 g/mol. The zero-order chi connectivity index (χ0) is 15.6. The Bertz CT molecular complexity index is 584. The topological polar surface area (TPSA) is 72.2 Å². The second-order valence-electron chi connectivity index (χ2n) is 4.49. The molecule has 21 heavy (non-hydrogen) atoms. The minimum absolute atomic E-state index is 0. The lowest BCUT2D eigenvalue weighted by atomic mass is 9.95. The number of sulfonamides is 1. The predicted octanol–water partition coefficient (Wildman–Crippen LogP) is 2.32. The molecule has 1 aromatic carbocycles. The Morgan fingerprint density at radius 3 is 2.00 bits per heavy atom. The van der Waals surface area contributed by atoms with Gasteiger partial charge >= 0.3 is 0 Å². The van der Waals surface area contributed by atoms with Crippen molar-refractivity contribution in [3.63, 3.8) is 0 Å². The molecule has 122 valence electrons. The van der Waals surface area contributed by atoms with Gasteiger partial charge in [-0.25, -0.2) is 26.3 Å². The molecule has 0 aliphatic carbocycles. The molecule has 9 heteroatoms. The van der Waals surface area contributed by atoms with Crippen LogP contribution in [0.15, 0.2) is 17.0 Å². The maximum atomic E-state index is 13.6. The predicted molar refractivity (Wildman–Crippen MR) is 76.3 cm³/mol. The van der Waals surface area contributed by atoms with Gasteiger partial charge in [-0.1, -0.05) is 13.8 Å². The smallest absolute Gasteiger partial charge is 0.244 e. The van der Waals surface area contributed by atoms with Gasteiger partial charge in [0, 0.05) is 18.2 Å². The van der Waals surface area contributed by atoms with E-state index >= 15 is 0 Å². The molecule has 0 aromatic heterocycles. The number of benzene rings is 1. The van der Waals surface area contributed by atoms with E-state index in [2.05, 4.69) is 4.72 Å². The summed E-state index contributed by atoms with van der Waals surface area (Å²) in [5.41, 5.74) is 4.60. The summed E-state index contributed by atoms with van der Waals surface area (Å²) in [5.74, 6) is -4.23. The van der Waals surface area contributed by atoms with Crippen LogP contribution in [0.3, 0.4) is 0 Å². The van der Waals surface area contributed by atoms with Crippen LogP contribution >= 0.6 is 12.4 Å². The first-order chi connectivity index (χ1) is 9.21. The minimum atomic E-state index is -4.34. The maximum Gasteiger partial charge on any atom is 0.244 e. The van der Waals surface area contributed by atoms with Crippen molar-refractivity contribution in [2.75, 3.05) is 6.54 Å². The highest BCUT2D eigenvalue weighted by Gasteiger charge is 2.32. The Hall–Kier alpha value is -0.830. The molecule has 3 N–H and O–H groups in total. The molecule has 0 spiro atoms. The molecule has 0 fully saturated rings. The summed E-state index contributed by atoms with van der Waals surface area (Å²) in [7, 11) is -4.34. The Morgan fingerprint density at radius 2 is 1.57 bits per heavy atom. The van der Waals surface area contributed by atoms with Crippen molar-refractivity contribution in [3.05, 3.63) is 29.6 Å². The highest BCUT2D eigenvalue weighted by Crippen LogP contribution is 2.22. The van der Waals surface area contributed by atoms with E-state index in [9.17, 15) is 21.6 Å². The van der Waals surface area contributed by atoms with E-state index in [1.165, 1.54) is 0 Å². The van der Waals surface area contributed by atoms with Crippen LogP contribution in [0.2, 0.25) is 0 Å². The largest absolute Gasteiger partial charge is 0.329 e. The van der Waals surface area contributed by atoms with Crippen molar-refractivity contribution in [2.45, 2.75) is 37.1 Å². The Balaban J connectivity index is 0.00000400. The first-order valence-electron chi connectivity index (χ1n) is 6.10. The number of hydrogen-bond acceptors (Lipinski definition) is 3. The molecule has 0 unspecified atom stereocenters. The summed E-state index contributed by atoms with van der Waals surface area (Å²) in [6.07, 6.45) is 0.759. The summed E-state index contributed by atoms with van der Waals surface area (Å²) < 4.78 is 66.0. The molecule has 0 saturated heterocycles. The van der Waals surface area contributed by atoms with Crippen LogP contribution in [0.25, 0.3) is 0 Å². The normalized spacial score (nSPS) is 12.1. The van der Waals surface area contributed by atoms with Crippen LogP contribution < -0.4 is 10.5 Å². The van der Waals surface area contributed by atoms with Crippen LogP contribution in [0.5, 0.6) is 0 Å². The molecule has 0 atom stereocenters. The van der Waals surface area contributed by atoms with Crippen molar-refractivity contribution < 1.29 is 21.6 Å². The number of rotatable bonds is 6. The molecule has 4 nitrogen and oxygen atoms in total. The number of nitrogens with two attached hydrogens (primary N) is 1. The third-order valence-corrected chi connectivity index (χ3v) is 4.95. The summed E-state index contributed by atoms with van der Waals surface area (Å²) in [6.45, 7) is 3.45. The van der Waals surface area contributed by atoms with Crippen LogP contribution in [-0.4, -0.2) is 20.5 Å². The van der Waals surface area contributed by atoms with E-state index in [0.717, 1.165) is 0 Å². The summed E-state index contributed by atoms with van der Waals surface area (Å²) in [5, 5.41) is 0. The molecule has 0 amide bonds. The first kappa shape index (κ1) is 20.2. The third-order valence-electron chi connectivity index (χ3n) is 3.36. The van der Waals surface area contributed by atoms with Crippen molar-refractivity contribution in [3.8, 4) is 0 Å². The zero-order valence-corrected chi connectivity index (χ0v) is 13.3. The van der Waals surface area contributed by atoms with Gasteiger partial charge in [0.15, 0.2) is 11.6 Å². The van der Waals surface area contributed by atoms with Gasteiger partial charge in [-0.3, -0.25) is 0 Å². The molecule has 0 aliphatic rings. The van der Waals surface area contributed by atoms with Gasteiger partial charge in [0.25, 0.3) is 0 Å². The average molecular weight is 347 g/mol. The van der Waals surface area contributed by atoms with Gasteiger partial charge in [0.2, 0.25) is 10.0 Å². The van der Waals surface area contributed by atoms with E-state index in [-0.39, 0.29) is 25.0 Å². The van der Waals surface area contributed by atoms with Crippen LogP contribution in [0, 0.1) is 17.5 Å². The van der Waals surface area contributed by atoms with E-state index in [1.54, 1.807) is 13.8 Å². The monoisotopic (exact) mass is 346 g/mol. The Kier molecular flexibility index (Phi) is 7.14. The average Bonchev–Trinajstić information content (AvgIpc) is 2.40. The lowest BCUT2D eigenvalue weighted by molar-refractivity contribution is 0.362. The van der Waals surface area contributed by atoms with Crippen LogP contribution in [-0.2, 0) is 10.0 Å². The van der Waals surface area contributed by atoms with Gasteiger partial charge in [-0.2, -0.15) is 0 Å². The standard InChI is InChI=1S/C12H17F3N2O2S.ClH/c1-3-12(4-2,7-16)17-20(18,19)11-6-9(14)8(13)5-10(11)15;/h5-6,17H,3-4,7,16H2,1-2H3;1H. The first-order valence-corrected chi connectivity index (χ1v) is 7.58. The second-order valence-corrected chi connectivity index (χ2v) is 6.14. The highest BCUT2D eigenvalue weighted by atomic mass is 35.5. The fraction of sp³-hybridized carbons (Fsp3) is 0.500. The van der Waals surface area contributed by atoms with Gasteiger partial charge < -0.3 is 5.73 Å². The Morgan fingerprint density at radius 1 is 1.10 bits per heavy atom. The van der Waals surface area contributed by atoms with Crippen molar-refractivity contribution >= 4 is 22.4 Å². The van der Waals surface area contributed by atoms with E-state index in [4.69, 9.17) is 5.73 Å². The van der Waals surface area contributed by atoms with Gasteiger partial charge in [-0.15, -0.1) is 12.4 Å². The lowest BCUT2D eigenvalue weighted by Gasteiger charge is -2.31. The number of nitrogens with one attached hydrogen (secondary N) is 1.